The van der Waals surface area contributed by atoms with Gasteiger partial charge in [-0.25, -0.2) is 13.5 Å². The van der Waals surface area contributed by atoms with E-state index in [9.17, 15) is 13.6 Å². The molecule has 1 heterocycles. The SMILES string of the molecule is CN(C)CCn1nc(-c2cc(F)ccc2F)c(C=O)c1N. The molecule has 0 spiro atoms. The van der Waals surface area contributed by atoms with Gasteiger partial charge in [-0.1, -0.05) is 0 Å². The molecule has 0 fully saturated rings. The van der Waals surface area contributed by atoms with E-state index in [1.807, 2.05) is 19.0 Å². The molecule has 1 aromatic carbocycles. The van der Waals surface area contributed by atoms with Gasteiger partial charge in [0.1, 0.15) is 23.1 Å². The Morgan fingerprint density at radius 1 is 1.38 bits per heavy atom. The summed E-state index contributed by atoms with van der Waals surface area (Å²) in [7, 11) is 3.76. The van der Waals surface area contributed by atoms with Crippen molar-refractivity contribution in [1.29, 1.82) is 0 Å². The molecule has 0 saturated carbocycles. The van der Waals surface area contributed by atoms with E-state index in [-0.39, 0.29) is 22.6 Å². The quantitative estimate of drug-likeness (QED) is 0.854. The van der Waals surface area contributed by atoms with Crippen LogP contribution < -0.4 is 5.73 Å². The number of carbonyl (C=O) groups is 1. The molecule has 0 atom stereocenters. The first-order chi connectivity index (χ1) is 9.93. The van der Waals surface area contributed by atoms with E-state index in [0.717, 1.165) is 18.2 Å². The van der Waals surface area contributed by atoms with Crippen LogP contribution >= 0.6 is 0 Å². The molecule has 2 rings (SSSR count). The standard InChI is InChI=1S/C14H16F2N4O/c1-19(2)5-6-20-14(17)11(8-21)13(18-20)10-7-9(15)3-4-12(10)16/h3-4,7-8H,5-6,17H2,1-2H3. The first kappa shape index (κ1) is 15.1. The Morgan fingerprint density at radius 3 is 2.71 bits per heavy atom. The molecular weight excluding hydrogens is 278 g/mol. The highest BCUT2D eigenvalue weighted by atomic mass is 19.1. The fourth-order valence-corrected chi connectivity index (χ4v) is 1.95. The van der Waals surface area contributed by atoms with Crippen LogP contribution in [-0.2, 0) is 6.54 Å². The van der Waals surface area contributed by atoms with Gasteiger partial charge < -0.3 is 10.6 Å². The van der Waals surface area contributed by atoms with Gasteiger partial charge in [0.05, 0.1) is 12.1 Å². The maximum atomic E-state index is 13.8. The molecule has 5 nitrogen and oxygen atoms in total. The molecule has 0 saturated heterocycles. The van der Waals surface area contributed by atoms with Gasteiger partial charge in [-0.05, 0) is 32.3 Å². The fraction of sp³-hybridized carbons (Fsp3) is 0.286. The molecule has 0 aliphatic carbocycles. The predicted octanol–water partition coefficient (Wildman–Crippen LogP) is 1.78. The second-order valence-corrected chi connectivity index (χ2v) is 4.92. The van der Waals surface area contributed by atoms with Gasteiger partial charge in [-0.2, -0.15) is 5.10 Å². The lowest BCUT2D eigenvalue weighted by Gasteiger charge is -2.10. The van der Waals surface area contributed by atoms with Crippen LogP contribution in [0, 0.1) is 11.6 Å². The summed E-state index contributed by atoms with van der Waals surface area (Å²) in [5, 5.41) is 4.15. The van der Waals surface area contributed by atoms with Crippen LogP contribution in [0.3, 0.4) is 0 Å². The lowest BCUT2D eigenvalue weighted by molar-refractivity contribution is 0.112. The maximum absolute atomic E-state index is 13.8. The van der Waals surface area contributed by atoms with Gasteiger partial charge in [-0.15, -0.1) is 0 Å². The number of likely N-dealkylation sites (N-methyl/N-ethyl adjacent to an activating group) is 1. The molecular formula is C14H16F2N4O. The minimum atomic E-state index is -0.656. The maximum Gasteiger partial charge on any atom is 0.156 e. The summed E-state index contributed by atoms with van der Waals surface area (Å²) in [6.45, 7) is 1.09. The van der Waals surface area contributed by atoms with Gasteiger partial charge in [0.25, 0.3) is 0 Å². The molecule has 2 N–H and O–H groups in total. The summed E-state index contributed by atoms with van der Waals surface area (Å²) in [4.78, 5) is 13.1. The smallest absolute Gasteiger partial charge is 0.156 e. The zero-order chi connectivity index (χ0) is 15.6. The van der Waals surface area contributed by atoms with Crippen LogP contribution in [0.2, 0.25) is 0 Å². The Hall–Kier alpha value is -2.28. The first-order valence-corrected chi connectivity index (χ1v) is 6.35. The number of benzene rings is 1. The molecule has 0 bridgehead atoms. The Labute approximate surface area is 121 Å². The Kier molecular flexibility index (Phi) is 4.32. The molecule has 0 amide bonds. The van der Waals surface area contributed by atoms with Crippen LogP contribution in [0.1, 0.15) is 10.4 Å². The number of nitrogens with zero attached hydrogens (tertiary/aromatic N) is 3. The monoisotopic (exact) mass is 294 g/mol. The van der Waals surface area contributed by atoms with Gasteiger partial charge in [0, 0.05) is 12.1 Å². The number of hydrogen-bond donors (Lipinski definition) is 1. The van der Waals surface area contributed by atoms with E-state index < -0.39 is 11.6 Å². The minimum Gasteiger partial charge on any atom is -0.383 e. The van der Waals surface area contributed by atoms with Crippen molar-refractivity contribution >= 4 is 12.1 Å². The van der Waals surface area contributed by atoms with Crippen molar-refractivity contribution in [1.82, 2.24) is 14.7 Å². The van der Waals surface area contributed by atoms with Crippen LogP contribution in [0.15, 0.2) is 18.2 Å². The Morgan fingerprint density at radius 2 is 2.10 bits per heavy atom. The van der Waals surface area contributed by atoms with Crippen molar-refractivity contribution in [2.45, 2.75) is 6.54 Å². The number of anilines is 1. The number of rotatable bonds is 5. The second kappa shape index (κ2) is 6.01. The third-order valence-electron chi connectivity index (χ3n) is 3.09. The number of aromatic nitrogens is 2. The summed E-state index contributed by atoms with van der Waals surface area (Å²) in [5.74, 6) is -1.12. The summed E-state index contributed by atoms with van der Waals surface area (Å²) >= 11 is 0. The van der Waals surface area contributed by atoms with Gasteiger partial charge >= 0.3 is 0 Å². The van der Waals surface area contributed by atoms with Crippen molar-refractivity contribution in [2.75, 3.05) is 26.4 Å². The summed E-state index contributed by atoms with van der Waals surface area (Å²) < 4.78 is 28.6. The third-order valence-corrected chi connectivity index (χ3v) is 3.09. The van der Waals surface area contributed by atoms with Crippen molar-refractivity contribution in [2.24, 2.45) is 0 Å². The molecule has 21 heavy (non-hydrogen) atoms. The summed E-state index contributed by atoms with van der Waals surface area (Å²) in [6, 6.07) is 3.00. The van der Waals surface area contributed by atoms with Crippen molar-refractivity contribution in [3.63, 3.8) is 0 Å². The van der Waals surface area contributed by atoms with Crippen LogP contribution in [0.25, 0.3) is 11.3 Å². The van der Waals surface area contributed by atoms with Gasteiger partial charge in [0.15, 0.2) is 6.29 Å². The summed E-state index contributed by atoms with van der Waals surface area (Å²) in [5.41, 5.74) is 5.91. The highest BCUT2D eigenvalue weighted by Crippen LogP contribution is 2.28. The summed E-state index contributed by atoms with van der Waals surface area (Å²) in [6.07, 6.45) is 0.508. The lowest BCUT2D eigenvalue weighted by Crippen LogP contribution is -2.20. The highest BCUT2D eigenvalue weighted by molar-refractivity contribution is 5.91. The number of carbonyl (C=O) groups excluding carboxylic acids is 1. The number of nitrogen functional groups attached to an aromatic ring is 1. The molecule has 0 aliphatic rings. The van der Waals surface area contributed by atoms with Gasteiger partial charge in [0.2, 0.25) is 0 Å². The lowest BCUT2D eigenvalue weighted by atomic mass is 10.1. The second-order valence-electron chi connectivity index (χ2n) is 4.92. The molecule has 2 aromatic rings. The first-order valence-electron chi connectivity index (χ1n) is 6.35. The average molecular weight is 294 g/mol. The Balaban J connectivity index is 2.50. The molecule has 7 heteroatoms. The van der Waals surface area contributed by atoms with Crippen molar-refractivity contribution in [3.05, 3.63) is 35.4 Å². The van der Waals surface area contributed by atoms with E-state index in [2.05, 4.69) is 5.10 Å². The topological polar surface area (TPSA) is 64.2 Å². The van der Waals surface area contributed by atoms with E-state index in [0.29, 0.717) is 19.4 Å². The van der Waals surface area contributed by atoms with Crippen LogP contribution in [0.4, 0.5) is 14.6 Å². The van der Waals surface area contributed by atoms with Crippen LogP contribution in [-0.4, -0.2) is 41.6 Å². The van der Waals surface area contributed by atoms with E-state index in [1.165, 1.54) is 4.68 Å². The predicted molar refractivity (Wildman–Crippen MR) is 75.9 cm³/mol. The van der Waals surface area contributed by atoms with E-state index in [1.54, 1.807) is 0 Å². The normalized spacial score (nSPS) is 11.1. The highest BCUT2D eigenvalue weighted by Gasteiger charge is 2.19. The number of nitrogens with two attached hydrogens (primary N) is 1. The number of aldehydes is 1. The molecule has 1 aromatic heterocycles. The molecule has 0 aliphatic heterocycles. The number of hydrogen-bond acceptors (Lipinski definition) is 4. The average Bonchev–Trinajstić information content (AvgIpc) is 2.75. The number of halogens is 2. The van der Waals surface area contributed by atoms with E-state index >= 15 is 0 Å². The third kappa shape index (κ3) is 3.08. The van der Waals surface area contributed by atoms with Crippen molar-refractivity contribution < 1.29 is 13.6 Å². The zero-order valence-electron chi connectivity index (χ0n) is 11.8. The fourth-order valence-electron chi connectivity index (χ4n) is 1.95. The largest absolute Gasteiger partial charge is 0.383 e. The zero-order valence-corrected chi connectivity index (χ0v) is 11.8. The Bertz CT molecular complexity index is 667. The molecule has 0 unspecified atom stereocenters. The van der Waals surface area contributed by atoms with E-state index in [4.69, 9.17) is 5.73 Å². The molecule has 0 radical (unpaired) electrons. The molecule has 112 valence electrons. The van der Waals surface area contributed by atoms with Gasteiger partial charge in [-0.3, -0.25) is 4.79 Å². The minimum absolute atomic E-state index is 0.0539. The van der Waals surface area contributed by atoms with Crippen molar-refractivity contribution in [3.8, 4) is 11.3 Å². The van der Waals surface area contributed by atoms with Crippen LogP contribution in [0.5, 0.6) is 0 Å².